The Balaban J connectivity index is 1.16. The molecule has 8 heteroatoms. The summed E-state index contributed by atoms with van der Waals surface area (Å²) < 4.78 is 11.3. The second-order valence-corrected chi connectivity index (χ2v) is 11.0. The number of aromatic nitrogens is 1. The van der Waals surface area contributed by atoms with E-state index in [4.69, 9.17) is 21.1 Å². The molecule has 1 aromatic heterocycles. The highest BCUT2D eigenvalue weighted by Crippen LogP contribution is 2.48. The molecule has 2 N–H and O–H groups in total. The number of pyridine rings is 1. The summed E-state index contributed by atoms with van der Waals surface area (Å²) in [7, 11) is 0. The number of likely N-dealkylation sites (tertiary alicyclic amines) is 1. The van der Waals surface area contributed by atoms with E-state index in [1.54, 1.807) is 6.20 Å². The molecule has 182 valence electrons. The predicted molar refractivity (Wildman–Crippen MR) is 130 cm³/mol. The zero-order chi connectivity index (χ0) is 23.4. The van der Waals surface area contributed by atoms with Gasteiger partial charge < -0.3 is 19.9 Å². The van der Waals surface area contributed by atoms with Crippen LogP contribution in [0, 0.1) is 11.8 Å². The summed E-state index contributed by atoms with van der Waals surface area (Å²) in [6.07, 6.45) is 5.49. The van der Waals surface area contributed by atoms with Crippen LogP contribution in [0.5, 0.6) is 0 Å². The number of fused-ring (bicyclic) bond motifs is 2. The van der Waals surface area contributed by atoms with Crippen LogP contribution in [0.3, 0.4) is 0 Å². The molecule has 1 saturated carbocycles. The van der Waals surface area contributed by atoms with Crippen LogP contribution in [0.15, 0.2) is 24.4 Å². The summed E-state index contributed by atoms with van der Waals surface area (Å²) >= 11 is 6.71. The number of benzene rings is 1. The first-order valence-electron chi connectivity index (χ1n) is 12.5. The number of amides is 1. The van der Waals surface area contributed by atoms with Gasteiger partial charge in [0.1, 0.15) is 5.82 Å². The van der Waals surface area contributed by atoms with Gasteiger partial charge in [0.05, 0.1) is 36.9 Å². The number of ether oxygens (including phenoxy) is 2. The van der Waals surface area contributed by atoms with Gasteiger partial charge in [-0.1, -0.05) is 11.6 Å². The zero-order valence-corrected chi connectivity index (χ0v) is 20.3. The fraction of sp³-hybridized carbons (Fsp3) is 0.615. The normalized spacial score (nSPS) is 34.2. The molecule has 2 aromatic rings. The van der Waals surface area contributed by atoms with Crippen molar-refractivity contribution in [1.82, 2.24) is 9.88 Å². The number of rotatable bonds is 4. The SMILES string of the molecule is C[C@]1(N2CCC(c3cc4cc(NC(=O)[C@@H]5[C@@H]6CCCO[C@@H]65)ncc4cc3Cl)CC2)COC[C@H]1O. The first kappa shape index (κ1) is 22.7. The highest BCUT2D eigenvalue weighted by Gasteiger charge is 2.56. The topological polar surface area (TPSA) is 83.9 Å². The van der Waals surface area contributed by atoms with Gasteiger partial charge in [0.2, 0.25) is 5.91 Å². The molecule has 3 aliphatic heterocycles. The van der Waals surface area contributed by atoms with Crippen LogP contribution in [0.4, 0.5) is 5.82 Å². The van der Waals surface area contributed by atoms with E-state index in [9.17, 15) is 9.90 Å². The third kappa shape index (κ3) is 3.91. The number of hydrogen-bond donors (Lipinski definition) is 2. The molecule has 0 spiro atoms. The standard InChI is InChI=1S/C26H32ClN3O4/c1-26(14-33-13-21(26)31)30-6-4-15(5-7-30)19-9-16-11-22(28-12-17(16)10-20(19)27)29-25(32)23-18-3-2-8-34-24(18)23/h9-12,15,18,21,23-24,31H,2-8,13-14H2,1H3,(H,28,29,32)/t18-,21+,23+,24-,26-/m0/s1. The zero-order valence-electron chi connectivity index (χ0n) is 19.5. The van der Waals surface area contributed by atoms with Crippen molar-refractivity contribution < 1.29 is 19.4 Å². The smallest absolute Gasteiger partial charge is 0.231 e. The van der Waals surface area contributed by atoms with Crippen LogP contribution in [0.25, 0.3) is 10.8 Å². The van der Waals surface area contributed by atoms with Crippen molar-refractivity contribution in [2.45, 2.75) is 56.3 Å². The van der Waals surface area contributed by atoms with Crippen molar-refractivity contribution in [3.63, 3.8) is 0 Å². The van der Waals surface area contributed by atoms with Crippen molar-refractivity contribution >= 4 is 34.1 Å². The van der Waals surface area contributed by atoms with Crippen LogP contribution in [-0.2, 0) is 14.3 Å². The van der Waals surface area contributed by atoms with Gasteiger partial charge in [0.25, 0.3) is 0 Å². The summed E-state index contributed by atoms with van der Waals surface area (Å²) in [6.45, 7) is 5.65. The molecule has 34 heavy (non-hydrogen) atoms. The third-order valence-corrected chi connectivity index (χ3v) is 8.85. The number of halogens is 1. The minimum Gasteiger partial charge on any atom is -0.389 e. The minimum absolute atomic E-state index is 0.0110. The Morgan fingerprint density at radius 3 is 2.76 bits per heavy atom. The van der Waals surface area contributed by atoms with Crippen molar-refractivity contribution in [3.8, 4) is 0 Å². The van der Waals surface area contributed by atoms with Crippen LogP contribution >= 0.6 is 11.6 Å². The fourth-order valence-electron chi connectivity index (χ4n) is 6.23. The van der Waals surface area contributed by atoms with Gasteiger partial charge in [0.15, 0.2) is 0 Å². The number of aliphatic hydroxyl groups is 1. The Bertz CT molecular complexity index is 1090. The van der Waals surface area contributed by atoms with Crippen LogP contribution < -0.4 is 5.32 Å². The molecule has 5 atom stereocenters. The Kier molecular flexibility index (Phi) is 5.81. The summed E-state index contributed by atoms with van der Waals surface area (Å²) in [4.78, 5) is 19.6. The number of piperidine rings is 1. The summed E-state index contributed by atoms with van der Waals surface area (Å²) in [5, 5.41) is 16.2. The molecular weight excluding hydrogens is 454 g/mol. The third-order valence-electron chi connectivity index (χ3n) is 8.52. The quantitative estimate of drug-likeness (QED) is 0.688. The lowest BCUT2D eigenvalue weighted by molar-refractivity contribution is -0.118. The second-order valence-electron chi connectivity index (χ2n) is 10.6. The van der Waals surface area contributed by atoms with E-state index in [1.807, 2.05) is 12.1 Å². The average Bonchev–Trinajstić information content (AvgIpc) is 3.48. The maximum Gasteiger partial charge on any atom is 0.231 e. The molecule has 3 saturated heterocycles. The van der Waals surface area contributed by atoms with Crippen LogP contribution in [0.2, 0.25) is 5.02 Å². The van der Waals surface area contributed by atoms with Crippen molar-refractivity contribution in [2.24, 2.45) is 11.8 Å². The lowest BCUT2D eigenvalue weighted by Crippen LogP contribution is -2.56. The summed E-state index contributed by atoms with van der Waals surface area (Å²) in [5.74, 6) is 1.26. The first-order valence-corrected chi connectivity index (χ1v) is 12.8. The monoisotopic (exact) mass is 485 g/mol. The Hall–Kier alpha value is -1.77. The molecule has 4 aliphatic rings. The van der Waals surface area contributed by atoms with E-state index in [-0.39, 0.29) is 23.5 Å². The van der Waals surface area contributed by atoms with E-state index in [0.717, 1.165) is 66.7 Å². The number of anilines is 1. The van der Waals surface area contributed by atoms with E-state index >= 15 is 0 Å². The van der Waals surface area contributed by atoms with Crippen molar-refractivity contribution in [1.29, 1.82) is 0 Å². The van der Waals surface area contributed by atoms with Gasteiger partial charge in [-0.2, -0.15) is 0 Å². The summed E-state index contributed by atoms with van der Waals surface area (Å²) in [5.41, 5.74) is 0.841. The molecule has 1 aliphatic carbocycles. The minimum atomic E-state index is -0.444. The number of aliphatic hydroxyl groups excluding tert-OH is 1. The number of carbonyl (C=O) groups is 1. The van der Waals surface area contributed by atoms with Gasteiger partial charge in [-0.25, -0.2) is 4.98 Å². The van der Waals surface area contributed by atoms with Gasteiger partial charge in [-0.05, 0) is 80.8 Å². The highest BCUT2D eigenvalue weighted by molar-refractivity contribution is 6.32. The number of hydrogen-bond acceptors (Lipinski definition) is 6. The fourth-order valence-corrected chi connectivity index (χ4v) is 6.55. The van der Waals surface area contributed by atoms with Gasteiger partial charge in [-0.3, -0.25) is 9.69 Å². The molecule has 0 unspecified atom stereocenters. The molecule has 4 heterocycles. The molecule has 1 aromatic carbocycles. The van der Waals surface area contributed by atoms with Crippen LogP contribution in [-0.4, -0.2) is 71.6 Å². The van der Waals surface area contributed by atoms with Gasteiger partial charge >= 0.3 is 0 Å². The maximum atomic E-state index is 12.8. The van der Waals surface area contributed by atoms with Crippen molar-refractivity contribution in [3.05, 3.63) is 35.0 Å². The largest absolute Gasteiger partial charge is 0.389 e. The molecule has 0 radical (unpaired) electrons. The molecule has 4 fully saturated rings. The Morgan fingerprint density at radius 2 is 2.06 bits per heavy atom. The number of nitrogens with zero attached hydrogens (tertiary/aromatic N) is 2. The Labute approximate surface area is 204 Å². The highest BCUT2D eigenvalue weighted by atomic mass is 35.5. The summed E-state index contributed by atoms with van der Waals surface area (Å²) in [6, 6.07) is 6.09. The van der Waals surface area contributed by atoms with E-state index in [2.05, 4.69) is 28.2 Å². The number of carbonyl (C=O) groups excluding carboxylic acids is 1. The number of nitrogens with one attached hydrogen (secondary N) is 1. The van der Waals surface area contributed by atoms with Gasteiger partial charge in [0, 0.05) is 29.1 Å². The maximum absolute atomic E-state index is 12.8. The van der Waals surface area contributed by atoms with E-state index < -0.39 is 6.10 Å². The molecule has 0 bridgehead atoms. The van der Waals surface area contributed by atoms with Crippen LogP contribution in [0.1, 0.15) is 44.1 Å². The molecular formula is C26H32ClN3O4. The average molecular weight is 486 g/mol. The molecule has 6 rings (SSSR count). The molecule has 7 nitrogen and oxygen atoms in total. The second kappa shape index (κ2) is 8.71. The predicted octanol–water partition coefficient (Wildman–Crippen LogP) is 3.58. The lowest BCUT2D eigenvalue weighted by Gasteiger charge is -2.43. The first-order chi connectivity index (χ1) is 16.4. The van der Waals surface area contributed by atoms with E-state index in [0.29, 0.717) is 30.9 Å². The van der Waals surface area contributed by atoms with E-state index in [1.165, 1.54) is 0 Å². The van der Waals surface area contributed by atoms with Crippen molar-refractivity contribution in [2.75, 3.05) is 38.2 Å². The van der Waals surface area contributed by atoms with Gasteiger partial charge in [-0.15, -0.1) is 0 Å². The Morgan fingerprint density at radius 1 is 1.24 bits per heavy atom. The lowest BCUT2D eigenvalue weighted by atomic mass is 9.85. The molecule has 1 amide bonds.